The van der Waals surface area contributed by atoms with Gasteiger partial charge in [-0.3, -0.25) is 0 Å². The predicted molar refractivity (Wildman–Crippen MR) is 58.6 cm³/mol. The second-order valence-electron chi connectivity index (χ2n) is 2.59. The third-order valence-electron chi connectivity index (χ3n) is 1.59. The van der Waals surface area contributed by atoms with Gasteiger partial charge in [-0.15, -0.1) is 0 Å². The highest BCUT2D eigenvalue weighted by molar-refractivity contribution is 5.35. The van der Waals surface area contributed by atoms with Gasteiger partial charge in [0.2, 0.25) is 0 Å². The summed E-state index contributed by atoms with van der Waals surface area (Å²) in [7, 11) is 0. The second-order valence-corrected chi connectivity index (χ2v) is 2.59. The van der Waals surface area contributed by atoms with Crippen LogP contribution in [0.4, 0.5) is 0 Å². The standard InChI is InChI=1S/C13H12O/c1-3-13(14-4-2)11-10-12-8-6-5-7-9-12/h3-9,13H,1-2H2. The summed E-state index contributed by atoms with van der Waals surface area (Å²) in [5.41, 5.74) is 0.965. The van der Waals surface area contributed by atoms with Gasteiger partial charge in [-0.1, -0.05) is 37.3 Å². The monoisotopic (exact) mass is 184 g/mol. The maximum atomic E-state index is 5.09. The highest BCUT2D eigenvalue weighted by atomic mass is 16.5. The molecule has 1 atom stereocenters. The van der Waals surface area contributed by atoms with E-state index in [2.05, 4.69) is 25.0 Å². The fraction of sp³-hybridized carbons (Fsp3) is 0.0769. The van der Waals surface area contributed by atoms with Gasteiger partial charge in [0.25, 0.3) is 0 Å². The first-order valence-electron chi connectivity index (χ1n) is 4.32. The van der Waals surface area contributed by atoms with Crippen LogP contribution in [0.15, 0.2) is 55.8 Å². The van der Waals surface area contributed by atoms with Crippen LogP contribution in [0.1, 0.15) is 5.56 Å². The molecule has 1 rings (SSSR count). The summed E-state index contributed by atoms with van der Waals surface area (Å²) >= 11 is 0. The fourth-order valence-electron chi connectivity index (χ4n) is 0.928. The SMILES string of the molecule is C=COC(C#Cc1ccccc1)C=C. The smallest absolute Gasteiger partial charge is 0.176 e. The Morgan fingerprint density at radius 2 is 1.93 bits per heavy atom. The van der Waals surface area contributed by atoms with Gasteiger partial charge in [0, 0.05) is 5.56 Å². The highest BCUT2D eigenvalue weighted by Crippen LogP contribution is 1.97. The lowest BCUT2D eigenvalue weighted by atomic mass is 10.2. The minimum absolute atomic E-state index is 0.285. The molecule has 14 heavy (non-hydrogen) atoms. The minimum Gasteiger partial charge on any atom is -0.482 e. The molecule has 0 amide bonds. The molecule has 1 unspecified atom stereocenters. The van der Waals surface area contributed by atoms with Crippen molar-refractivity contribution in [2.24, 2.45) is 0 Å². The summed E-state index contributed by atoms with van der Waals surface area (Å²) in [6, 6.07) is 9.74. The maximum absolute atomic E-state index is 5.09. The third kappa shape index (κ3) is 3.20. The molecule has 1 aromatic carbocycles. The van der Waals surface area contributed by atoms with Crippen LogP contribution in [0, 0.1) is 11.8 Å². The van der Waals surface area contributed by atoms with E-state index in [-0.39, 0.29) is 6.10 Å². The van der Waals surface area contributed by atoms with E-state index in [9.17, 15) is 0 Å². The van der Waals surface area contributed by atoms with Gasteiger partial charge in [-0.25, -0.2) is 0 Å². The van der Waals surface area contributed by atoms with E-state index in [1.54, 1.807) is 6.08 Å². The minimum atomic E-state index is -0.285. The van der Waals surface area contributed by atoms with Gasteiger partial charge in [0.05, 0.1) is 6.26 Å². The molecule has 0 heterocycles. The van der Waals surface area contributed by atoms with E-state index >= 15 is 0 Å². The molecule has 0 aromatic heterocycles. The third-order valence-corrected chi connectivity index (χ3v) is 1.59. The number of ether oxygens (including phenoxy) is 1. The zero-order valence-corrected chi connectivity index (χ0v) is 7.94. The molecule has 0 fully saturated rings. The maximum Gasteiger partial charge on any atom is 0.176 e. The van der Waals surface area contributed by atoms with Crippen molar-refractivity contribution in [2.75, 3.05) is 0 Å². The number of hydrogen-bond acceptors (Lipinski definition) is 1. The average Bonchev–Trinajstić information content (AvgIpc) is 2.25. The highest BCUT2D eigenvalue weighted by Gasteiger charge is 1.93. The zero-order chi connectivity index (χ0) is 10.2. The van der Waals surface area contributed by atoms with Crippen molar-refractivity contribution in [3.8, 4) is 11.8 Å². The van der Waals surface area contributed by atoms with Crippen molar-refractivity contribution >= 4 is 0 Å². The van der Waals surface area contributed by atoms with Gasteiger partial charge in [0.15, 0.2) is 6.10 Å². The Hall–Kier alpha value is -1.94. The van der Waals surface area contributed by atoms with Crippen molar-refractivity contribution in [2.45, 2.75) is 6.10 Å². The first-order valence-corrected chi connectivity index (χ1v) is 4.32. The van der Waals surface area contributed by atoms with E-state index in [1.807, 2.05) is 30.3 Å². The summed E-state index contributed by atoms with van der Waals surface area (Å²) in [5.74, 6) is 5.91. The lowest BCUT2D eigenvalue weighted by Gasteiger charge is -2.02. The molecular weight excluding hydrogens is 172 g/mol. The molecule has 70 valence electrons. The van der Waals surface area contributed by atoms with Crippen LogP contribution in [0.2, 0.25) is 0 Å². The lowest BCUT2D eigenvalue weighted by molar-refractivity contribution is 0.237. The molecule has 1 aromatic rings. The normalized spacial score (nSPS) is 10.6. The van der Waals surface area contributed by atoms with E-state index in [0.717, 1.165) is 5.56 Å². The van der Waals surface area contributed by atoms with Crippen LogP contribution in [0.25, 0.3) is 0 Å². The van der Waals surface area contributed by atoms with Gasteiger partial charge in [-0.05, 0) is 24.1 Å². The van der Waals surface area contributed by atoms with Crippen LogP contribution >= 0.6 is 0 Å². The summed E-state index contributed by atoms with van der Waals surface area (Å²) in [4.78, 5) is 0. The van der Waals surface area contributed by atoms with Gasteiger partial charge >= 0.3 is 0 Å². The van der Waals surface area contributed by atoms with E-state index in [1.165, 1.54) is 6.26 Å². The molecule has 0 aliphatic heterocycles. The molecule has 0 bridgehead atoms. The first kappa shape index (κ1) is 10.1. The zero-order valence-electron chi connectivity index (χ0n) is 7.94. The van der Waals surface area contributed by atoms with Crippen molar-refractivity contribution in [3.63, 3.8) is 0 Å². The van der Waals surface area contributed by atoms with E-state index in [0.29, 0.717) is 0 Å². The van der Waals surface area contributed by atoms with Gasteiger partial charge in [-0.2, -0.15) is 0 Å². The van der Waals surface area contributed by atoms with Crippen molar-refractivity contribution in [3.05, 3.63) is 61.4 Å². The molecule has 0 radical (unpaired) electrons. The second kappa shape index (κ2) is 5.66. The quantitative estimate of drug-likeness (QED) is 0.398. The Kier molecular flexibility index (Phi) is 4.10. The largest absolute Gasteiger partial charge is 0.482 e. The Bertz CT molecular complexity index is 354. The Labute approximate surface area is 84.7 Å². The van der Waals surface area contributed by atoms with Crippen molar-refractivity contribution in [1.29, 1.82) is 0 Å². The van der Waals surface area contributed by atoms with Crippen molar-refractivity contribution in [1.82, 2.24) is 0 Å². The summed E-state index contributed by atoms with van der Waals surface area (Å²) in [6.45, 7) is 7.08. The van der Waals surface area contributed by atoms with Gasteiger partial charge < -0.3 is 4.74 Å². The van der Waals surface area contributed by atoms with Crippen LogP contribution in [0.3, 0.4) is 0 Å². The molecular formula is C13H12O. The molecule has 0 N–H and O–H groups in total. The number of rotatable bonds is 3. The topological polar surface area (TPSA) is 9.23 Å². The fourth-order valence-corrected chi connectivity index (χ4v) is 0.928. The molecule has 0 saturated carbocycles. The molecule has 1 heteroatoms. The molecule has 1 nitrogen and oxygen atoms in total. The van der Waals surface area contributed by atoms with Crippen molar-refractivity contribution < 1.29 is 4.74 Å². The summed E-state index contributed by atoms with van der Waals surface area (Å²) in [5, 5.41) is 0. The number of hydrogen-bond donors (Lipinski definition) is 0. The molecule has 0 aliphatic rings. The van der Waals surface area contributed by atoms with Crippen LogP contribution in [0.5, 0.6) is 0 Å². The van der Waals surface area contributed by atoms with E-state index in [4.69, 9.17) is 4.74 Å². The van der Waals surface area contributed by atoms with Gasteiger partial charge in [0.1, 0.15) is 0 Å². The Morgan fingerprint density at radius 3 is 2.50 bits per heavy atom. The summed E-state index contributed by atoms with van der Waals surface area (Å²) in [6.07, 6.45) is 2.72. The lowest BCUT2D eigenvalue weighted by Crippen LogP contribution is -2.00. The predicted octanol–water partition coefficient (Wildman–Crippen LogP) is 2.75. The van der Waals surface area contributed by atoms with Crippen LogP contribution < -0.4 is 0 Å². The van der Waals surface area contributed by atoms with Crippen LogP contribution in [-0.4, -0.2) is 6.10 Å². The Balaban J connectivity index is 2.70. The molecule has 0 saturated heterocycles. The van der Waals surface area contributed by atoms with E-state index < -0.39 is 0 Å². The average molecular weight is 184 g/mol. The molecule has 0 spiro atoms. The number of benzene rings is 1. The summed E-state index contributed by atoms with van der Waals surface area (Å²) < 4.78 is 5.09. The molecule has 0 aliphatic carbocycles. The first-order chi connectivity index (χ1) is 6.86. The Morgan fingerprint density at radius 1 is 1.21 bits per heavy atom. The van der Waals surface area contributed by atoms with Crippen LogP contribution in [-0.2, 0) is 4.74 Å².